The Bertz CT molecular complexity index is 650. The maximum Gasteiger partial charge on any atom is 0.258 e. The summed E-state index contributed by atoms with van der Waals surface area (Å²) in [6, 6.07) is 8.41. The molecule has 2 heterocycles. The van der Waals surface area contributed by atoms with Crippen molar-refractivity contribution in [2.24, 2.45) is 0 Å². The highest BCUT2D eigenvalue weighted by molar-refractivity contribution is 5.53. The van der Waals surface area contributed by atoms with Crippen LogP contribution >= 0.6 is 0 Å². The first-order valence-corrected chi connectivity index (χ1v) is 8.38. The van der Waals surface area contributed by atoms with Crippen molar-refractivity contribution in [3.63, 3.8) is 0 Å². The Kier molecular flexibility index (Phi) is 3.91. The molecule has 122 valence electrons. The lowest BCUT2D eigenvalue weighted by molar-refractivity contribution is -0.0858. The molecule has 0 bridgehead atoms. The summed E-state index contributed by atoms with van der Waals surface area (Å²) in [7, 11) is 1.72. The number of nitrogens with zero attached hydrogens (tertiary/aromatic N) is 2. The number of rotatable bonds is 4. The van der Waals surface area contributed by atoms with Gasteiger partial charge in [-0.1, -0.05) is 17.3 Å². The van der Waals surface area contributed by atoms with E-state index in [9.17, 15) is 0 Å². The molecule has 1 atom stereocenters. The molecule has 4 rings (SSSR count). The molecule has 0 N–H and O–H groups in total. The minimum atomic E-state index is -0.332. The Labute approximate surface area is 136 Å². The van der Waals surface area contributed by atoms with Gasteiger partial charge in [-0.15, -0.1) is 0 Å². The highest BCUT2D eigenvalue weighted by Gasteiger charge is 2.43. The molecule has 2 aromatic rings. The third-order valence-electron chi connectivity index (χ3n) is 5.17. The molecule has 1 saturated heterocycles. The van der Waals surface area contributed by atoms with Gasteiger partial charge in [0, 0.05) is 25.2 Å². The molecular formula is C18H22N2O3. The number of aromatic nitrogens is 2. The van der Waals surface area contributed by atoms with E-state index in [0.717, 1.165) is 44.5 Å². The Morgan fingerprint density at radius 3 is 2.61 bits per heavy atom. The third kappa shape index (κ3) is 2.68. The lowest BCUT2D eigenvalue weighted by Gasteiger charge is -2.37. The largest absolute Gasteiger partial charge is 0.381 e. The summed E-state index contributed by atoms with van der Waals surface area (Å²) < 4.78 is 16.6. The average molecular weight is 314 g/mol. The number of methoxy groups -OCH3 is 1. The number of hydrogen-bond donors (Lipinski definition) is 0. The van der Waals surface area contributed by atoms with Crippen molar-refractivity contribution < 1.29 is 14.0 Å². The quantitative estimate of drug-likeness (QED) is 0.862. The van der Waals surface area contributed by atoms with E-state index >= 15 is 0 Å². The van der Waals surface area contributed by atoms with Gasteiger partial charge in [-0.05, 0) is 49.8 Å². The minimum Gasteiger partial charge on any atom is -0.381 e. The monoisotopic (exact) mass is 314 g/mol. The Hall–Kier alpha value is -1.72. The summed E-state index contributed by atoms with van der Waals surface area (Å²) in [4.78, 5) is 4.56. The zero-order valence-corrected chi connectivity index (χ0v) is 13.5. The van der Waals surface area contributed by atoms with Crippen LogP contribution in [-0.4, -0.2) is 30.5 Å². The molecule has 5 heteroatoms. The predicted molar refractivity (Wildman–Crippen MR) is 85.1 cm³/mol. The summed E-state index contributed by atoms with van der Waals surface area (Å²) in [5.74, 6) is 1.74. The van der Waals surface area contributed by atoms with E-state index in [4.69, 9.17) is 14.0 Å². The van der Waals surface area contributed by atoms with Gasteiger partial charge in [0.1, 0.15) is 5.60 Å². The summed E-state index contributed by atoms with van der Waals surface area (Å²) >= 11 is 0. The predicted octanol–water partition coefficient (Wildman–Crippen LogP) is 3.66. The molecule has 0 radical (unpaired) electrons. The molecule has 1 aliphatic heterocycles. The molecule has 1 saturated carbocycles. The maximum absolute atomic E-state index is 5.61. The van der Waals surface area contributed by atoms with Gasteiger partial charge < -0.3 is 14.0 Å². The van der Waals surface area contributed by atoms with Crippen LogP contribution in [0.5, 0.6) is 0 Å². The van der Waals surface area contributed by atoms with Crippen LogP contribution in [0.25, 0.3) is 11.5 Å². The summed E-state index contributed by atoms with van der Waals surface area (Å²) in [6.07, 6.45) is 5.40. The second-order valence-corrected chi connectivity index (χ2v) is 6.51. The van der Waals surface area contributed by atoms with Gasteiger partial charge >= 0.3 is 0 Å². The van der Waals surface area contributed by atoms with E-state index in [-0.39, 0.29) is 5.60 Å². The van der Waals surface area contributed by atoms with Crippen molar-refractivity contribution in [2.75, 3.05) is 20.3 Å². The van der Waals surface area contributed by atoms with E-state index in [1.807, 2.05) is 0 Å². The zero-order chi connectivity index (χ0) is 15.7. The van der Waals surface area contributed by atoms with E-state index in [1.165, 1.54) is 12.0 Å². The first kappa shape index (κ1) is 14.8. The van der Waals surface area contributed by atoms with Crippen molar-refractivity contribution in [3.8, 4) is 11.5 Å². The Morgan fingerprint density at radius 2 is 2.00 bits per heavy atom. The van der Waals surface area contributed by atoms with Gasteiger partial charge in [0.15, 0.2) is 0 Å². The Morgan fingerprint density at radius 1 is 1.17 bits per heavy atom. The van der Waals surface area contributed by atoms with Crippen molar-refractivity contribution in [3.05, 3.63) is 35.7 Å². The normalized spacial score (nSPS) is 23.4. The molecule has 1 aliphatic carbocycles. The van der Waals surface area contributed by atoms with E-state index < -0.39 is 0 Å². The summed E-state index contributed by atoms with van der Waals surface area (Å²) in [5.41, 5.74) is 1.94. The van der Waals surface area contributed by atoms with Gasteiger partial charge in [0.2, 0.25) is 5.82 Å². The van der Waals surface area contributed by atoms with Crippen molar-refractivity contribution in [2.45, 2.75) is 43.6 Å². The van der Waals surface area contributed by atoms with Gasteiger partial charge in [-0.25, -0.2) is 0 Å². The van der Waals surface area contributed by atoms with Crippen LogP contribution in [0.4, 0.5) is 0 Å². The number of benzene rings is 1. The second-order valence-electron chi connectivity index (χ2n) is 6.51. The minimum absolute atomic E-state index is 0.332. The molecule has 2 fully saturated rings. The third-order valence-corrected chi connectivity index (χ3v) is 5.17. The first-order valence-electron chi connectivity index (χ1n) is 8.38. The number of ether oxygens (including phenoxy) is 2. The standard InChI is InChI=1S/C18H22N2O3/c1-21-18(9-3-10-18)17-19-16(23-20-17)14-7-5-13(6-8-14)15-4-2-11-22-12-15/h5-8,15H,2-4,9-12H2,1H3/t15-/m0/s1. The van der Waals surface area contributed by atoms with Gasteiger partial charge in [0.05, 0.1) is 6.61 Å². The topological polar surface area (TPSA) is 57.4 Å². The second kappa shape index (κ2) is 6.06. The molecule has 2 aliphatic rings. The van der Waals surface area contributed by atoms with E-state index in [0.29, 0.717) is 17.6 Å². The number of hydrogen-bond acceptors (Lipinski definition) is 5. The van der Waals surface area contributed by atoms with Crippen LogP contribution < -0.4 is 0 Å². The van der Waals surface area contributed by atoms with Gasteiger partial charge in [-0.3, -0.25) is 0 Å². The molecule has 0 spiro atoms. The molecule has 23 heavy (non-hydrogen) atoms. The highest BCUT2D eigenvalue weighted by atomic mass is 16.5. The maximum atomic E-state index is 5.61. The molecule has 1 aromatic heterocycles. The zero-order valence-electron chi connectivity index (χ0n) is 13.5. The van der Waals surface area contributed by atoms with Crippen LogP contribution in [0.3, 0.4) is 0 Å². The smallest absolute Gasteiger partial charge is 0.258 e. The highest BCUT2D eigenvalue weighted by Crippen LogP contribution is 2.43. The van der Waals surface area contributed by atoms with Crippen LogP contribution in [0.2, 0.25) is 0 Å². The summed E-state index contributed by atoms with van der Waals surface area (Å²) in [6.45, 7) is 1.71. The van der Waals surface area contributed by atoms with Crippen LogP contribution in [0, 0.1) is 0 Å². The van der Waals surface area contributed by atoms with E-state index in [2.05, 4.69) is 34.4 Å². The van der Waals surface area contributed by atoms with E-state index in [1.54, 1.807) is 7.11 Å². The van der Waals surface area contributed by atoms with Crippen molar-refractivity contribution in [1.29, 1.82) is 0 Å². The van der Waals surface area contributed by atoms with Crippen LogP contribution in [0.15, 0.2) is 28.8 Å². The molecule has 0 amide bonds. The fourth-order valence-corrected chi connectivity index (χ4v) is 3.44. The van der Waals surface area contributed by atoms with Crippen LogP contribution in [-0.2, 0) is 15.1 Å². The first-order chi connectivity index (χ1) is 11.3. The van der Waals surface area contributed by atoms with Gasteiger partial charge in [0.25, 0.3) is 5.89 Å². The molecule has 0 unspecified atom stereocenters. The SMILES string of the molecule is COC1(c2noc(-c3ccc([C@H]4CCCOC4)cc3)n2)CCC1. The van der Waals surface area contributed by atoms with Crippen LogP contribution in [0.1, 0.15) is 49.4 Å². The van der Waals surface area contributed by atoms with Gasteiger partial charge in [-0.2, -0.15) is 4.98 Å². The lowest BCUT2D eigenvalue weighted by Crippen LogP contribution is -2.37. The molecule has 5 nitrogen and oxygen atoms in total. The fraction of sp³-hybridized carbons (Fsp3) is 0.556. The average Bonchev–Trinajstić information content (AvgIpc) is 3.06. The van der Waals surface area contributed by atoms with Crippen molar-refractivity contribution >= 4 is 0 Å². The molecular weight excluding hydrogens is 292 g/mol. The lowest BCUT2D eigenvalue weighted by atomic mass is 9.79. The van der Waals surface area contributed by atoms with Crippen molar-refractivity contribution in [1.82, 2.24) is 10.1 Å². The molecule has 1 aromatic carbocycles. The Balaban J connectivity index is 1.53. The summed E-state index contributed by atoms with van der Waals surface area (Å²) in [5, 5.41) is 4.14. The fourth-order valence-electron chi connectivity index (χ4n) is 3.44.